The topological polar surface area (TPSA) is 151 Å². The van der Waals surface area contributed by atoms with Crippen LogP contribution in [0.4, 0.5) is 5.69 Å². The number of primary amides is 1. The van der Waals surface area contributed by atoms with E-state index < -0.39 is 5.91 Å². The lowest BCUT2D eigenvalue weighted by Gasteiger charge is -2.15. The minimum atomic E-state index is -0.722. The third kappa shape index (κ3) is 3.71. The fourth-order valence-corrected chi connectivity index (χ4v) is 3.88. The van der Waals surface area contributed by atoms with Crippen molar-refractivity contribution in [1.29, 1.82) is 0 Å². The second-order valence-electron chi connectivity index (χ2n) is 7.87. The number of aryl methyl sites for hydroxylation is 2. The lowest BCUT2D eigenvalue weighted by molar-refractivity contribution is 0.0996. The van der Waals surface area contributed by atoms with Crippen molar-refractivity contribution in [2.75, 3.05) is 5.73 Å². The highest BCUT2D eigenvalue weighted by Crippen LogP contribution is 2.37. The predicted molar refractivity (Wildman–Crippen MR) is 128 cm³/mol. The maximum absolute atomic E-state index is 12.2. The van der Waals surface area contributed by atoms with Gasteiger partial charge in [0, 0.05) is 36.5 Å². The number of hydrogen-bond acceptors (Lipinski definition) is 7. The molecule has 10 nitrogen and oxygen atoms in total. The number of H-pyrrole nitrogens is 1. The molecule has 10 heteroatoms. The summed E-state index contributed by atoms with van der Waals surface area (Å²) in [7, 11) is 1.89. The number of ether oxygens (including phenoxy) is 1. The van der Waals surface area contributed by atoms with Gasteiger partial charge in [-0.3, -0.25) is 9.89 Å². The number of amides is 1. The molecule has 0 unspecified atom stereocenters. The molecule has 4 aromatic heterocycles. The fraction of sp³-hybridized carbons (Fsp3) is 0.125. The van der Waals surface area contributed by atoms with Gasteiger partial charge in [-0.1, -0.05) is 12.1 Å². The number of hydrogen-bond donors (Lipinski definition) is 3. The van der Waals surface area contributed by atoms with E-state index in [0.717, 1.165) is 27.9 Å². The number of aromatic nitrogens is 6. The zero-order chi connectivity index (χ0) is 23.8. The molecule has 0 aliphatic carbocycles. The number of rotatable bonds is 6. The van der Waals surface area contributed by atoms with Crippen molar-refractivity contribution >= 4 is 22.5 Å². The highest BCUT2D eigenvalue weighted by atomic mass is 16.5. The first kappa shape index (κ1) is 21.1. The molecule has 1 amide bonds. The second-order valence-corrected chi connectivity index (χ2v) is 7.87. The van der Waals surface area contributed by atoms with Gasteiger partial charge in [-0.2, -0.15) is 5.10 Å². The summed E-state index contributed by atoms with van der Waals surface area (Å²) >= 11 is 0. The van der Waals surface area contributed by atoms with Gasteiger partial charge < -0.3 is 20.8 Å². The van der Waals surface area contributed by atoms with E-state index in [-0.39, 0.29) is 18.0 Å². The Hall–Kier alpha value is -4.73. The van der Waals surface area contributed by atoms with E-state index >= 15 is 0 Å². The zero-order valence-corrected chi connectivity index (χ0v) is 18.6. The summed E-state index contributed by atoms with van der Waals surface area (Å²) in [6, 6.07) is 11.0. The number of anilines is 1. The minimum Gasteiger partial charge on any atom is -0.469 e. The summed E-state index contributed by atoms with van der Waals surface area (Å²) in [5, 5.41) is 7.98. The number of nitrogens with one attached hydrogen (secondary N) is 1. The van der Waals surface area contributed by atoms with Gasteiger partial charge in [0.25, 0.3) is 5.91 Å². The van der Waals surface area contributed by atoms with Crippen molar-refractivity contribution in [1.82, 2.24) is 29.7 Å². The Kier molecular flexibility index (Phi) is 5.17. The molecule has 0 fully saturated rings. The Morgan fingerprint density at radius 2 is 2.03 bits per heavy atom. The maximum Gasteiger partial charge on any atom is 0.269 e. The van der Waals surface area contributed by atoms with Crippen LogP contribution in [-0.4, -0.2) is 35.6 Å². The molecule has 0 saturated carbocycles. The highest BCUT2D eigenvalue weighted by Gasteiger charge is 2.20. The molecule has 0 atom stereocenters. The van der Waals surface area contributed by atoms with E-state index in [1.165, 1.54) is 0 Å². The monoisotopic (exact) mass is 454 g/mol. The number of benzene rings is 1. The molecule has 0 bridgehead atoms. The molecule has 5 aromatic rings. The Morgan fingerprint density at radius 1 is 1.18 bits per heavy atom. The molecular weight excluding hydrogens is 432 g/mol. The van der Waals surface area contributed by atoms with Crippen LogP contribution in [0.15, 0.2) is 55.0 Å². The van der Waals surface area contributed by atoms with Crippen LogP contribution in [0.3, 0.4) is 0 Å². The standard InChI is InChI=1S/C24H22N8O2/c1-13-6-7-16-15(11-28-31-16)21(13)14-10-18(30-23(22(14)25)24(26)33)17-4-3-5-20(29-17)34-12-19-27-8-9-32(19)2/h3-11H,12,25H2,1-2H3,(H2,26,33)(H,28,31). The summed E-state index contributed by atoms with van der Waals surface area (Å²) < 4.78 is 7.70. The second kappa shape index (κ2) is 8.32. The van der Waals surface area contributed by atoms with Crippen molar-refractivity contribution < 1.29 is 9.53 Å². The third-order valence-electron chi connectivity index (χ3n) is 5.65. The molecule has 5 rings (SSSR count). The summed E-state index contributed by atoms with van der Waals surface area (Å²) in [5.74, 6) is 0.439. The molecular formula is C24H22N8O2. The Bertz CT molecular complexity index is 1540. The molecule has 4 heterocycles. The lowest BCUT2D eigenvalue weighted by Crippen LogP contribution is -2.17. The van der Waals surface area contributed by atoms with Gasteiger partial charge in [0.05, 0.1) is 28.8 Å². The van der Waals surface area contributed by atoms with Gasteiger partial charge in [0.1, 0.15) is 12.4 Å². The Labute approximate surface area is 194 Å². The van der Waals surface area contributed by atoms with Crippen LogP contribution in [0.1, 0.15) is 21.9 Å². The normalized spacial score (nSPS) is 11.1. The van der Waals surface area contributed by atoms with Crippen LogP contribution in [-0.2, 0) is 13.7 Å². The van der Waals surface area contributed by atoms with E-state index in [1.807, 2.05) is 36.9 Å². The van der Waals surface area contributed by atoms with E-state index in [4.69, 9.17) is 16.2 Å². The van der Waals surface area contributed by atoms with Crippen LogP contribution in [0.2, 0.25) is 0 Å². The minimum absolute atomic E-state index is 0.0199. The van der Waals surface area contributed by atoms with E-state index in [0.29, 0.717) is 22.8 Å². The van der Waals surface area contributed by atoms with Crippen molar-refractivity contribution in [3.8, 4) is 28.4 Å². The van der Waals surface area contributed by atoms with Gasteiger partial charge >= 0.3 is 0 Å². The van der Waals surface area contributed by atoms with E-state index in [2.05, 4.69) is 25.1 Å². The van der Waals surface area contributed by atoms with Crippen molar-refractivity contribution in [2.24, 2.45) is 12.8 Å². The summed E-state index contributed by atoms with van der Waals surface area (Å²) in [4.78, 5) is 25.5. The van der Waals surface area contributed by atoms with E-state index in [1.54, 1.807) is 36.7 Å². The zero-order valence-electron chi connectivity index (χ0n) is 18.6. The lowest BCUT2D eigenvalue weighted by atomic mass is 9.94. The quantitative estimate of drug-likeness (QED) is 0.357. The van der Waals surface area contributed by atoms with Gasteiger partial charge in [0.2, 0.25) is 5.88 Å². The Morgan fingerprint density at radius 3 is 2.79 bits per heavy atom. The van der Waals surface area contributed by atoms with Crippen LogP contribution >= 0.6 is 0 Å². The van der Waals surface area contributed by atoms with Crippen LogP contribution < -0.4 is 16.2 Å². The van der Waals surface area contributed by atoms with E-state index in [9.17, 15) is 4.79 Å². The van der Waals surface area contributed by atoms with Crippen LogP contribution in [0.25, 0.3) is 33.4 Å². The first-order valence-corrected chi connectivity index (χ1v) is 10.5. The van der Waals surface area contributed by atoms with Crippen molar-refractivity contribution in [2.45, 2.75) is 13.5 Å². The molecule has 34 heavy (non-hydrogen) atoms. The van der Waals surface area contributed by atoms with Gasteiger partial charge in [-0.05, 0) is 36.2 Å². The van der Waals surface area contributed by atoms with Gasteiger partial charge in [-0.15, -0.1) is 0 Å². The largest absolute Gasteiger partial charge is 0.469 e. The molecule has 170 valence electrons. The smallest absolute Gasteiger partial charge is 0.269 e. The molecule has 0 spiro atoms. The molecule has 1 aromatic carbocycles. The Balaban J connectivity index is 1.61. The average molecular weight is 454 g/mol. The summed E-state index contributed by atoms with van der Waals surface area (Å²) in [6.45, 7) is 2.23. The molecule has 0 aliphatic rings. The van der Waals surface area contributed by atoms with Crippen molar-refractivity contribution in [3.63, 3.8) is 0 Å². The van der Waals surface area contributed by atoms with Gasteiger partial charge in [0.15, 0.2) is 5.69 Å². The summed E-state index contributed by atoms with van der Waals surface area (Å²) in [6.07, 6.45) is 5.28. The number of nitrogens with zero attached hydrogens (tertiary/aromatic N) is 5. The summed E-state index contributed by atoms with van der Waals surface area (Å²) in [5.41, 5.74) is 16.4. The van der Waals surface area contributed by atoms with Crippen molar-refractivity contribution in [3.05, 3.63) is 72.1 Å². The molecule has 5 N–H and O–H groups in total. The number of carbonyl (C=O) groups excluding carboxylic acids is 1. The number of aromatic amines is 1. The average Bonchev–Trinajstić information content (AvgIpc) is 3.47. The van der Waals surface area contributed by atoms with Crippen LogP contribution in [0, 0.1) is 6.92 Å². The number of carbonyl (C=O) groups is 1. The molecule has 0 radical (unpaired) electrons. The number of fused-ring (bicyclic) bond motifs is 1. The predicted octanol–water partition coefficient (Wildman–Crippen LogP) is 2.99. The molecule has 0 aliphatic heterocycles. The maximum atomic E-state index is 12.2. The molecule has 0 saturated heterocycles. The van der Waals surface area contributed by atoms with Gasteiger partial charge in [-0.25, -0.2) is 15.0 Å². The fourth-order valence-electron chi connectivity index (χ4n) is 3.88. The third-order valence-corrected chi connectivity index (χ3v) is 5.65. The first-order chi connectivity index (χ1) is 16.4. The number of nitrogen functional groups attached to an aromatic ring is 1. The highest BCUT2D eigenvalue weighted by molar-refractivity contribution is 6.05. The number of pyridine rings is 2. The number of nitrogens with two attached hydrogens (primary N) is 2. The van der Waals surface area contributed by atoms with Crippen LogP contribution in [0.5, 0.6) is 5.88 Å². The number of imidazole rings is 1. The first-order valence-electron chi connectivity index (χ1n) is 10.5. The SMILES string of the molecule is Cc1ccc2[nH]ncc2c1-c1cc(-c2cccc(OCc3nccn3C)n2)nc(C(N)=O)c1N.